The van der Waals surface area contributed by atoms with Crippen LogP contribution in [0.25, 0.3) is 10.9 Å². The lowest BCUT2D eigenvalue weighted by Crippen LogP contribution is -2.35. The van der Waals surface area contributed by atoms with E-state index in [1.165, 1.54) is 16.6 Å². The summed E-state index contributed by atoms with van der Waals surface area (Å²) in [6.45, 7) is 1.06. The van der Waals surface area contributed by atoms with Gasteiger partial charge < -0.3 is 9.88 Å². The van der Waals surface area contributed by atoms with E-state index in [0.29, 0.717) is 18.8 Å². The maximum absolute atomic E-state index is 12.9. The number of sulfonamides is 1. The van der Waals surface area contributed by atoms with Crippen LogP contribution >= 0.6 is 0 Å². The van der Waals surface area contributed by atoms with Gasteiger partial charge in [0.25, 0.3) is 5.91 Å². The van der Waals surface area contributed by atoms with E-state index in [1.54, 1.807) is 17.8 Å². The van der Waals surface area contributed by atoms with Crippen molar-refractivity contribution in [2.45, 2.75) is 24.2 Å². The number of nitrogens with one attached hydrogen (secondary N) is 1. The number of piperidine rings is 1. The molecular formula is C20H22N4O3S. The number of fused-ring (bicyclic) bond motifs is 1. The van der Waals surface area contributed by atoms with Crippen molar-refractivity contribution in [1.29, 1.82) is 0 Å². The van der Waals surface area contributed by atoms with Gasteiger partial charge in [-0.2, -0.15) is 4.31 Å². The van der Waals surface area contributed by atoms with Crippen molar-refractivity contribution in [1.82, 2.24) is 13.9 Å². The first-order valence-electron chi connectivity index (χ1n) is 9.28. The van der Waals surface area contributed by atoms with Crippen molar-refractivity contribution < 1.29 is 13.2 Å². The molecule has 7 nitrogen and oxygen atoms in total. The Hall–Kier alpha value is -2.71. The van der Waals surface area contributed by atoms with Gasteiger partial charge >= 0.3 is 0 Å². The van der Waals surface area contributed by atoms with E-state index in [-0.39, 0.29) is 16.5 Å². The summed E-state index contributed by atoms with van der Waals surface area (Å²) in [5, 5.41) is 3.72. The second-order valence-corrected chi connectivity index (χ2v) is 8.95. The van der Waals surface area contributed by atoms with Crippen LogP contribution in [0, 0.1) is 0 Å². The summed E-state index contributed by atoms with van der Waals surface area (Å²) in [5.74, 6) is -0.375. The normalized spacial score (nSPS) is 15.6. The first kappa shape index (κ1) is 18.6. The number of aryl methyl sites for hydroxylation is 1. The summed E-state index contributed by atoms with van der Waals surface area (Å²) < 4.78 is 28.7. The highest BCUT2D eigenvalue weighted by atomic mass is 32.2. The number of amides is 1. The molecule has 2 aromatic heterocycles. The maximum atomic E-state index is 12.9. The van der Waals surface area contributed by atoms with Crippen molar-refractivity contribution >= 4 is 32.5 Å². The summed E-state index contributed by atoms with van der Waals surface area (Å²) in [4.78, 5) is 17.2. The monoisotopic (exact) mass is 398 g/mol. The molecule has 28 heavy (non-hydrogen) atoms. The first-order valence-corrected chi connectivity index (χ1v) is 10.7. The molecule has 1 aliphatic rings. The second-order valence-electron chi connectivity index (χ2n) is 7.01. The highest BCUT2D eigenvalue weighted by Gasteiger charge is 2.28. The highest BCUT2D eigenvalue weighted by molar-refractivity contribution is 7.89. The number of anilines is 1. The fraction of sp³-hybridized carbons (Fsp3) is 0.300. The van der Waals surface area contributed by atoms with Gasteiger partial charge in [-0.3, -0.25) is 9.78 Å². The average molecular weight is 398 g/mol. The molecule has 4 rings (SSSR count). The van der Waals surface area contributed by atoms with E-state index < -0.39 is 10.0 Å². The van der Waals surface area contributed by atoms with Crippen molar-refractivity contribution in [2.75, 3.05) is 18.4 Å². The van der Waals surface area contributed by atoms with Crippen molar-refractivity contribution in [3.63, 3.8) is 0 Å². The molecule has 0 atom stereocenters. The van der Waals surface area contributed by atoms with Crippen molar-refractivity contribution in [3.8, 4) is 0 Å². The Bertz CT molecular complexity index is 1130. The molecule has 1 aliphatic heterocycles. The number of carbonyl (C=O) groups excluding carboxylic acids is 1. The molecule has 8 heteroatoms. The van der Waals surface area contributed by atoms with Crippen molar-refractivity contribution in [3.05, 3.63) is 54.5 Å². The molecule has 146 valence electrons. The van der Waals surface area contributed by atoms with Gasteiger partial charge in [-0.05, 0) is 31.0 Å². The van der Waals surface area contributed by atoms with Gasteiger partial charge in [0.1, 0.15) is 10.6 Å². The molecule has 1 fully saturated rings. The number of hydrogen-bond donors (Lipinski definition) is 1. The molecule has 3 heterocycles. The largest absolute Gasteiger partial charge is 0.345 e. The van der Waals surface area contributed by atoms with Crippen LogP contribution in [-0.4, -0.2) is 41.3 Å². The zero-order chi connectivity index (χ0) is 19.7. The number of para-hydroxylation sites is 1. The van der Waals surface area contributed by atoms with Gasteiger partial charge in [-0.25, -0.2) is 8.42 Å². The van der Waals surface area contributed by atoms with E-state index in [9.17, 15) is 13.2 Å². The van der Waals surface area contributed by atoms with Gasteiger partial charge in [-0.15, -0.1) is 0 Å². The Labute approximate surface area is 164 Å². The Kier molecular flexibility index (Phi) is 4.91. The molecule has 0 spiro atoms. The minimum absolute atomic E-state index is 0.152. The maximum Gasteiger partial charge on any atom is 0.272 e. The molecule has 1 N–H and O–H groups in total. The second kappa shape index (κ2) is 7.37. The minimum Gasteiger partial charge on any atom is -0.345 e. The summed E-state index contributed by atoms with van der Waals surface area (Å²) in [5.41, 5.74) is 1.68. The number of carbonyl (C=O) groups is 1. The van der Waals surface area contributed by atoms with E-state index in [2.05, 4.69) is 10.3 Å². The predicted molar refractivity (Wildman–Crippen MR) is 108 cm³/mol. The van der Waals surface area contributed by atoms with Gasteiger partial charge in [0.15, 0.2) is 0 Å². The lowest BCUT2D eigenvalue weighted by molar-refractivity contribution is 0.101. The third-order valence-electron chi connectivity index (χ3n) is 5.01. The summed E-state index contributed by atoms with van der Waals surface area (Å²) in [7, 11) is -1.91. The van der Waals surface area contributed by atoms with Crippen LogP contribution in [0.5, 0.6) is 0 Å². The molecule has 0 saturated carbocycles. The predicted octanol–water partition coefficient (Wildman–Crippen LogP) is 3.00. The number of aromatic nitrogens is 2. The SMILES string of the molecule is Cn1cc(S(=O)(=O)N2CCCCC2)cc1C(=O)Nc1cnc2ccccc2c1. The molecule has 0 radical (unpaired) electrons. The van der Waals surface area contributed by atoms with Gasteiger partial charge in [0.2, 0.25) is 10.0 Å². The lowest BCUT2D eigenvalue weighted by Gasteiger charge is -2.25. The highest BCUT2D eigenvalue weighted by Crippen LogP contribution is 2.23. The zero-order valence-corrected chi connectivity index (χ0v) is 16.4. The molecule has 3 aromatic rings. The van der Waals surface area contributed by atoms with E-state index in [4.69, 9.17) is 0 Å². The van der Waals surface area contributed by atoms with Crippen LogP contribution < -0.4 is 5.32 Å². The molecule has 0 aliphatic carbocycles. The number of pyridine rings is 1. The van der Waals surface area contributed by atoms with E-state index in [0.717, 1.165) is 30.2 Å². The van der Waals surface area contributed by atoms with Crippen LogP contribution in [0.3, 0.4) is 0 Å². The molecule has 1 saturated heterocycles. The summed E-state index contributed by atoms with van der Waals surface area (Å²) in [6.07, 6.45) is 5.88. The molecule has 1 aromatic carbocycles. The fourth-order valence-electron chi connectivity index (χ4n) is 3.49. The number of hydrogen-bond acceptors (Lipinski definition) is 4. The van der Waals surface area contributed by atoms with E-state index >= 15 is 0 Å². The fourth-order valence-corrected chi connectivity index (χ4v) is 5.08. The quantitative estimate of drug-likeness (QED) is 0.732. The van der Waals surface area contributed by atoms with Crippen molar-refractivity contribution in [2.24, 2.45) is 7.05 Å². The number of benzene rings is 1. The third kappa shape index (κ3) is 3.53. The standard InChI is InChI=1S/C20H22N4O3S/c1-23-14-17(28(26,27)24-9-5-2-6-10-24)12-19(23)20(25)22-16-11-15-7-3-4-8-18(15)21-13-16/h3-4,7-8,11-14H,2,5-6,9-10H2,1H3,(H,22,25). The minimum atomic E-state index is -3.58. The van der Waals surface area contributed by atoms with Crippen LogP contribution in [0.2, 0.25) is 0 Å². The summed E-state index contributed by atoms with van der Waals surface area (Å²) >= 11 is 0. The average Bonchev–Trinajstić information content (AvgIpc) is 3.11. The third-order valence-corrected chi connectivity index (χ3v) is 6.88. The molecule has 1 amide bonds. The Morgan fingerprint density at radius 2 is 1.86 bits per heavy atom. The van der Waals surface area contributed by atoms with Gasteiger partial charge in [0.05, 0.1) is 17.4 Å². The first-order chi connectivity index (χ1) is 13.4. The zero-order valence-electron chi connectivity index (χ0n) is 15.6. The molecule has 0 unspecified atom stereocenters. The smallest absolute Gasteiger partial charge is 0.272 e. The van der Waals surface area contributed by atoms with Crippen LogP contribution in [0.4, 0.5) is 5.69 Å². The van der Waals surface area contributed by atoms with Crippen LogP contribution in [0.15, 0.2) is 53.7 Å². The molecule has 0 bridgehead atoms. The van der Waals surface area contributed by atoms with Crippen LogP contribution in [0.1, 0.15) is 29.8 Å². The Balaban J connectivity index is 1.57. The molecular weight excluding hydrogens is 376 g/mol. The lowest BCUT2D eigenvalue weighted by atomic mass is 10.2. The number of rotatable bonds is 4. The van der Waals surface area contributed by atoms with Gasteiger partial charge in [-0.1, -0.05) is 24.6 Å². The Morgan fingerprint density at radius 1 is 1.11 bits per heavy atom. The summed E-state index contributed by atoms with van der Waals surface area (Å²) in [6, 6.07) is 10.9. The van der Waals surface area contributed by atoms with Gasteiger partial charge in [0, 0.05) is 31.7 Å². The topological polar surface area (TPSA) is 84.3 Å². The Morgan fingerprint density at radius 3 is 2.64 bits per heavy atom. The van der Waals surface area contributed by atoms with E-state index in [1.807, 2.05) is 30.3 Å². The van der Waals surface area contributed by atoms with Crippen LogP contribution in [-0.2, 0) is 17.1 Å². The number of nitrogens with zero attached hydrogens (tertiary/aromatic N) is 3.